The fraction of sp³-hybridized carbons (Fsp3) is 0.538. The normalized spacial score (nSPS) is 13.6. The summed E-state index contributed by atoms with van der Waals surface area (Å²) in [7, 11) is 0. The van der Waals surface area contributed by atoms with Gasteiger partial charge in [0.2, 0.25) is 0 Å². The van der Waals surface area contributed by atoms with E-state index in [0.29, 0.717) is 6.42 Å². The first-order valence-electron chi connectivity index (χ1n) is 6.08. The van der Waals surface area contributed by atoms with Crippen LogP contribution in [0.2, 0.25) is 0 Å². The van der Waals surface area contributed by atoms with Crippen molar-refractivity contribution in [2.75, 3.05) is 6.54 Å². The van der Waals surface area contributed by atoms with Crippen molar-refractivity contribution in [3.63, 3.8) is 0 Å². The molecule has 1 aromatic carbocycles. The second-order valence-electron chi connectivity index (χ2n) is 4.28. The largest absolute Gasteiger partial charge is 0.389 e. The minimum atomic E-state index is -4.08. The Balaban J connectivity index is 2.73. The van der Waals surface area contributed by atoms with Gasteiger partial charge in [-0.05, 0) is 43.1 Å². The van der Waals surface area contributed by atoms with E-state index in [-0.39, 0.29) is 12.5 Å². The maximum atomic E-state index is 12.2. The lowest BCUT2D eigenvalue weighted by Gasteiger charge is -2.20. The van der Waals surface area contributed by atoms with Crippen LogP contribution in [0.15, 0.2) is 27.1 Å². The van der Waals surface area contributed by atoms with Gasteiger partial charge in [0.25, 0.3) is 0 Å². The highest BCUT2D eigenvalue weighted by Crippen LogP contribution is 2.31. The van der Waals surface area contributed by atoms with Crippen LogP contribution in [0.3, 0.4) is 0 Å². The number of nitrogens with one attached hydrogen (secondary N) is 1. The van der Waals surface area contributed by atoms with E-state index in [9.17, 15) is 13.2 Å². The summed E-state index contributed by atoms with van der Waals surface area (Å²) < 4.78 is 38.4. The molecule has 0 aromatic heterocycles. The molecule has 0 spiro atoms. The molecular weight excluding hydrogens is 387 g/mol. The van der Waals surface area contributed by atoms with E-state index in [4.69, 9.17) is 0 Å². The molecule has 0 aliphatic rings. The minimum Gasteiger partial charge on any atom is -0.310 e. The Morgan fingerprint density at radius 2 is 1.95 bits per heavy atom. The predicted molar refractivity (Wildman–Crippen MR) is 78.2 cm³/mol. The first-order valence-corrected chi connectivity index (χ1v) is 7.67. The summed E-state index contributed by atoms with van der Waals surface area (Å²) in [5.41, 5.74) is 0.985. The smallest absolute Gasteiger partial charge is 0.310 e. The third kappa shape index (κ3) is 6.27. The summed E-state index contributed by atoms with van der Waals surface area (Å²) in [6.07, 6.45) is -4.23. The second kappa shape index (κ2) is 7.64. The van der Waals surface area contributed by atoms with Crippen molar-refractivity contribution < 1.29 is 13.2 Å². The Hall–Kier alpha value is -0.0700. The van der Waals surface area contributed by atoms with Gasteiger partial charge >= 0.3 is 6.18 Å². The van der Waals surface area contributed by atoms with Crippen molar-refractivity contribution in [1.82, 2.24) is 5.32 Å². The average Bonchev–Trinajstić information content (AvgIpc) is 2.30. The van der Waals surface area contributed by atoms with E-state index in [2.05, 4.69) is 37.2 Å². The Labute approximate surface area is 128 Å². The van der Waals surface area contributed by atoms with Crippen molar-refractivity contribution in [2.24, 2.45) is 0 Å². The Bertz CT molecular complexity index is 407. The first kappa shape index (κ1) is 17.0. The predicted octanol–water partition coefficient (Wildman–Crippen LogP) is 5.59. The molecule has 0 aliphatic heterocycles. The molecule has 108 valence electrons. The molecule has 1 aromatic rings. The Morgan fingerprint density at radius 1 is 1.26 bits per heavy atom. The fourth-order valence-electron chi connectivity index (χ4n) is 1.90. The van der Waals surface area contributed by atoms with E-state index in [0.717, 1.165) is 21.1 Å². The van der Waals surface area contributed by atoms with Crippen molar-refractivity contribution in [1.29, 1.82) is 0 Å². The third-order valence-electron chi connectivity index (χ3n) is 2.74. The zero-order chi connectivity index (χ0) is 14.5. The van der Waals surface area contributed by atoms with Crippen molar-refractivity contribution >= 4 is 31.9 Å². The maximum absolute atomic E-state index is 12.2. The van der Waals surface area contributed by atoms with Crippen LogP contribution in [0, 0.1) is 0 Å². The van der Waals surface area contributed by atoms with Crippen molar-refractivity contribution in [2.45, 2.75) is 38.4 Å². The molecule has 0 saturated heterocycles. The standard InChI is InChI=1S/C13H16Br2F3N/c1-2-19-12(4-3-7-13(16,17)18)10-8-9(14)5-6-11(10)15/h5-6,8,12,19H,2-4,7H2,1H3. The quantitative estimate of drug-likeness (QED) is 0.653. The number of hydrogen-bond acceptors (Lipinski definition) is 1. The Kier molecular flexibility index (Phi) is 6.83. The maximum Gasteiger partial charge on any atom is 0.389 e. The number of rotatable bonds is 6. The van der Waals surface area contributed by atoms with E-state index >= 15 is 0 Å². The highest BCUT2D eigenvalue weighted by Gasteiger charge is 2.27. The van der Waals surface area contributed by atoms with E-state index < -0.39 is 12.6 Å². The average molecular weight is 403 g/mol. The van der Waals surface area contributed by atoms with Crippen molar-refractivity contribution in [3.8, 4) is 0 Å². The summed E-state index contributed by atoms with van der Waals surface area (Å²) in [5, 5.41) is 3.24. The molecule has 19 heavy (non-hydrogen) atoms. The van der Waals surface area contributed by atoms with Gasteiger partial charge in [0.05, 0.1) is 0 Å². The van der Waals surface area contributed by atoms with Gasteiger partial charge in [0.15, 0.2) is 0 Å². The molecule has 0 saturated carbocycles. The zero-order valence-electron chi connectivity index (χ0n) is 10.5. The van der Waals surface area contributed by atoms with Gasteiger partial charge in [-0.1, -0.05) is 38.8 Å². The molecule has 0 radical (unpaired) electrons. The monoisotopic (exact) mass is 401 g/mol. The molecule has 1 nitrogen and oxygen atoms in total. The lowest BCUT2D eigenvalue weighted by Crippen LogP contribution is -2.22. The summed E-state index contributed by atoms with van der Waals surface area (Å²) in [6, 6.07) is 5.66. The van der Waals surface area contributed by atoms with Gasteiger partial charge in [-0.3, -0.25) is 0 Å². The van der Waals surface area contributed by atoms with E-state index in [1.165, 1.54) is 0 Å². The molecule has 0 heterocycles. The molecule has 1 rings (SSSR count). The molecule has 0 fully saturated rings. The summed E-state index contributed by atoms with van der Waals surface area (Å²) >= 11 is 6.84. The van der Waals surface area contributed by atoms with Gasteiger partial charge in [0.1, 0.15) is 0 Å². The summed E-state index contributed by atoms with van der Waals surface area (Å²) in [4.78, 5) is 0. The van der Waals surface area contributed by atoms with Crippen LogP contribution >= 0.6 is 31.9 Å². The van der Waals surface area contributed by atoms with Crippen LogP contribution < -0.4 is 5.32 Å². The molecule has 0 aliphatic carbocycles. The SMILES string of the molecule is CCNC(CCCC(F)(F)F)c1cc(Br)ccc1Br. The van der Waals surface area contributed by atoms with Gasteiger partial charge in [0, 0.05) is 21.4 Å². The summed E-state index contributed by atoms with van der Waals surface area (Å²) in [6.45, 7) is 2.66. The van der Waals surface area contributed by atoms with Gasteiger partial charge in [-0.25, -0.2) is 0 Å². The van der Waals surface area contributed by atoms with Crippen LogP contribution in [0.25, 0.3) is 0 Å². The molecule has 0 amide bonds. The molecule has 1 unspecified atom stereocenters. The van der Waals surface area contributed by atoms with E-state index in [1.807, 2.05) is 25.1 Å². The first-order chi connectivity index (χ1) is 8.83. The topological polar surface area (TPSA) is 12.0 Å². The third-order valence-corrected chi connectivity index (χ3v) is 3.95. The molecule has 6 heteroatoms. The molecule has 1 N–H and O–H groups in total. The van der Waals surface area contributed by atoms with Gasteiger partial charge in [-0.15, -0.1) is 0 Å². The molecular formula is C13H16Br2F3N. The van der Waals surface area contributed by atoms with Crippen molar-refractivity contribution in [3.05, 3.63) is 32.7 Å². The highest BCUT2D eigenvalue weighted by atomic mass is 79.9. The van der Waals surface area contributed by atoms with Crippen LogP contribution in [-0.4, -0.2) is 12.7 Å². The minimum absolute atomic E-state index is 0.0702. The van der Waals surface area contributed by atoms with Crippen LogP contribution in [0.1, 0.15) is 37.8 Å². The fourth-order valence-corrected chi connectivity index (χ4v) is 2.80. The Morgan fingerprint density at radius 3 is 2.53 bits per heavy atom. The van der Waals surface area contributed by atoms with Crippen LogP contribution in [-0.2, 0) is 0 Å². The van der Waals surface area contributed by atoms with Crippen LogP contribution in [0.5, 0.6) is 0 Å². The van der Waals surface area contributed by atoms with Crippen LogP contribution in [0.4, 0.5) is 13.2 Å². The van der Waals surface area contributed by atoms with E-state index in [1.54, 1.807) is 0 Å². The summed E-state index contributed by atoms with van der Waals surface area (Å²) in [5.74, 6) is 0. The number of alkyl halides is 3. The lowest BCUT2D eigenvalue weighted by atomic mass is 10.0. The second-order valence-corrected chi connectivity index (χ2v) is 6.05. The molecule has 1 atom stereocenters. The molecule has 0 bridgehead atoms. The number of benzene rings is 1. The van der Waals surface area contributed by atoms with Gasteiger partial charge < -0.3 is 5.32 Å². The lowest BCUT2D eigenvalue weighted by molar-refractivity contribution is -0.135. The number of hydrogen-bond donors (Lipinski definition) is 1. The zero-order valence-corrected chi connectivity index (χ0v) is 13.7. The highest BCUT2D eigenvalue weighted by molar-refractivity contribution is 9.11. The van der Waals surface area contributed by atoms with Gasteiger partial charge in [-0.2, -0.15) is 13.2 Å². The number of halogens is 5.